The minimum absolute atomic E-state index is 0.113. The Morgan fingerprint density at radius 2 is 2.27 bits per heavy atom. The first-order chi connectivity index (χ1) is 10.7. The molecule has 22 heavy (non-hydrogen) atoms. The Bertz CT molecular complexity index is 638. The Morgan fingerprint density at radius 1 is 1.45 bits per heavy atom. The lowest BCUT2D eigenvalue weighted by Gasteiger charge is -2.05. The van der Waals surface area contributed by atoms with Crippen LogP contribution in [0.2, 0.25) is 5.02 Å². The molecule has 2 heterocycles. The smallest absolute Gasteiger partial charge is 0.274 e. The first kappa shape index (κ1) is 15.4. The van der Waals surface area contributed by atoms with E-state index in [0.29, 0.717) is 10.6 Å². The maximum absolute atomic E-state index is 11.8. The number of hydroxylamine groups is 1. The Hall–Kier alpha value is -1.47. The lowest BCUT2D eigenvalue weighted by molar-refractivity contribution is 0.0221. The molecular formula is C15H15ClN2O3S. The Morgan fingerprint density at radius 3 is 3.00 bits per heavy atom. The van der Waals surface area contributed by atoms with Gasteiger partial charge in [-0.15, -0.1) is 11.3 Å². The van der Waals surface area contributed by atoms with Crippen molar-refractivity contribution < 1.29 is 14.4 Å². The van der Waals surface area contributed by atoms with Crippen molar-refractivity contribution in [1.29, 1.82) is 0 Å². The number of nitrogens with zero attached hydrogens (tertiary/aromatic N) is 1. The molecule has 2 aromatic rings. The van der Waals surface area contributed by atoms with Crippen molar-refractivity contribution >= 4 is 28.8 Å². The number of amides is 1. The van der Waals surface area contributed by atoms with E-state index >= 15 is 0 Å². The second-order valence-corrected chi connectivity index (χ2v) is 6.23. The third-order valence-corrected chi connectivity index (χ3v) is 4.50. The first-order valence-corrected chi connectivity index (χ1v) is 8.22. The number of hydrogen-bond acceptors (Lipinski definition) is 5. The fourth-order valence-corrected chi connectivity index (χ4v) is 3.16. The molecule has 1 aliphatic rings. The van der Waals surface area contributed by atoms with Crippen molar-refractivity contribution in [2.75, 3.05) is 6.61 Å². The molecule has 0 aliphatic carbocycles. The third-order valence-electron chi connectivity index (χ3n) is 3.27. The van der Waals surface area contributed by atoms with Gasteiger partial charge in [-0.2, -0.15) is 0 Å². The molecule has 1 aromatic carbocycles. The largest absolute Gasteiger partial charge is 0.371 e. The maximum atomic E-state index is 11.8. The summed E-state index contributed by atoms with van der Waals surface area (Å²) in [6, 6.07) is 6.59. The van der Waals surface area contributed by atoms with Crippen molar-refractivity contribution in [2.24, 2.45) is 0 Å². The molecule has 0 spiro atoms. The van der Waals surface area contributed by atoms with Crippen LogP contribution in [-0.2, 0) is 16.2 Å². The standard InChI is InChI=1S/C15H15ClN2O3S/c16-11-5-3-10(4-6-11)14(19)18-21-8-12-9-22-15(17-12)13-2-1-7-20-13/h3-6,9,13H,1-2,7-8H2,(H,18,19). The molecule has 1 aliphatic heterocycles. The van der Waals surface area contributed by atoms with Crippen LogP contribution in [0.5, 0.6) is 0 Å². The van der Waals surface area contributed by atoms with Gasteiger partial charge in [-0.3, -0.25) is 9.63 Å². The molecular weight excluding hydrogens is 324 g/mol. The van der Waals surface area contributed by atoms with Gasteiger partial charge in [0.25, 0.3) is 5.91 Å². The minimum Gasteiger partial charge on any atom is -0.371 e. The predicted molar refractivity (Wildman–Crippen MR) is 83.7 cm³/mol. The second-order valence-electron chi connectivity index (χ2n) is 4.91. The molecule has 0 bridgehead atoms. The van der Waals surface area contributed by atoms with E-state index in [0.717, 1.165) is 30.2 Å². The van der Waals surface area contributed by atoms with Crippen molar-refractivity contribution in [1.82, 2.24) is 10.5 Å². The lowest BCUT2D eigenvalue weighted by atomic mass is 10.2. The van der Waals surface area contributed by atoms with Crippen molar-refractivity contribution in [3.63, 3.8) is 0 Å². The predicted octanol–water partition coefficient (Wildman–Crippen LogP) is 3.51. The summed E-state index contributed by atoms with van der Waals surface area (Å²) in [4.78, 5) is 21.5. The van der Waals surface area contributed by atoms with E-state index in [4.69, 9.17) is 21.2 Å². The highest BCUT2D eigenvalue weighted by Crippen LogP contribution is 2.30. The Labute approximate surface area is 137 Å². The number of halogens is 1. The van der Waals surface area contributed by atoms with E-state index in [2.05, 4.69) is 10.5 Å². The molecule has 0 saturated carbocycles. The summed E-state index contributed by atoms with van der Waals surface area (Å²) in [5, 5.41) is 3.48. The first-order valence-electron chi connectivity index (χ1n) is 6.96. The zero-order valence-electron chi connectivity index (χ0n) is 11.8. The third kappa shape index (κ3) is 3.84. The number of benzene rings is 1. The number of carbonyl (C=O) groups is 1. The van der Waals surface area contributed by atoms with E-state index in [1.165, 1.54) is 0 Å². The van der Waals surface area contributed by atoms with E-state index in [1.807, 2.05) is 5.38 Å². The van der Waals surface area contributed by atoms with Crippen LogP contribution < -0.4 is 5.48 Å². The van der Waals surface area contributed by atoms with Gasteiger partial charge in [0.1, 0.15) is 17.7 Å². The number of hydrogen-bond donors (Lipinski definition) is 1. The molecule has 0 radical (unpaired) electrons. The van der Waals surface area contributed by atoms with Gasteiger partial charge in [0, 0.05) is 22.6 Å². The summed E-state index contributed by atoms with van der Waals surface area (Å²) in [5.74, 6) is -0.314. The van der Waals surface area contributed by atoms with Crippen LogP contribution in [0.15, 0.2) is 29.6 Å². The van der Waals surface area contributed by atoms with Crippen LogP contribution in [0.3, 0.4) is 0 Å². The highest BCUT2D eigenvalue weighted by Gasteiger charge is 2.20. The summed E-state index contributed by atoms with van der Waals surface area (Å²) in [5.41, 5.74) is 3.67. The Kier molecular flexibility index (Phi) is 5.04. The van der Waals surface area contributed by atoms with Gasteiger partial charge in [-0.05, 0) is 37.1 Å². The zero-order chi connectivity index (χ0) is 15.4. The van der Waals surface area contributed by atoms with Gasteiger partial charge < -0.3 is 4.74 Å². The number of rotatable bonds is 5. The highest BCUT2D eigenvalue weighted by molar-refractivity contribution is 7.09. The van der Waals surface area contributed by atoms with Crippen LogP contribution in [0.1, 0.15) is 40.0 Å². The monoisotopic (exact) mass is 338 g/mol. The fourth-order valence-electron chi connectivity index (χ4n) is 2.14. The second kappa shape index (κ2) is 7.19. The molecule has 1 fully saturated rings. The highest BCUT2D eigenvalue weighted by atomic mass is 35.5. The molecule has 1 saturated heterocycles. The maximum Gasteiger partial charge on any atom is 0.274 e. The molecule has 1 atom stereocenters. The summed E-state index contributed by atoms with van der Waals surface area (Å²) < 4.78 is 5.59. The average Bonchev–Trinajstić information content (AvgIpc) is 3.19. The van der Waals surface area contributed by atoms with Crippen LogP contribution >= 0.6 is 22.9 Å². The van der Waals surface area contributed by atoms with Crippen LogP contribution in [-0.4, -0.2) is 17.5 Å². The number of nitrogens with one attached hydrogen (secondary N) is 1. The van der Waals surface area contributed by atoms with Gasteiger partial charge in [-0.1, -0.05) is 11.6 Å². The van der Waals surface area contributed by atoms with Crippen molar-refractivity contribution in [3.05, 3.63) is 50.9 Å². The summed E-state index contributed by atoms with van der Waals surface area (Å²) in [6.45, 7) is 1.02. The molecule has 5 nitrogen and oxygen atoms in total. The summed E-state index contributed by atoms with van der Waals surface area (Å²) in [7, 11) is 0. The van der Waals surface area contributed by atoms with Crippen LogP contribution in [0.25, 0.3) is 0 Å². The lowest BCUT2D eigenvalue weighted by Crippen LogP contribution is -2.23. The molecule has 116 valence electrons. The summed E-state index contributed by atoms with van der Waals surface area (Å²) in [6.07, 6.45) is 2.20. The number of thiazole rings is 1. The van der Waals surface area contributed by atoms with E-state index in [-0.39, 0.29) is 18.6 Å². The minimum atomic E-state index is -0.314. The molecule has 3 rings (SSSR count). The zero-order valence-corrected chi connectivity index (χ0v) is 13.3. The van der Waals surface area contributed by atoms with Gasteiger partial charge in [0.05, 0.1) is 5.69 Å². The van der Waals surface area contributed by atoms with Gasteiger partial charge >= 0.3 is 0 Å². The molecule has 1 amide bonds. The number of ether oxygens (including phenoxy) is 1. The van der Waals surface area contributed by atoms with E-state index in [1.54, 1.807) is 35.6 Å². The quantitative estimate of drug-likeness (QED) is 0.847. The SMILES string of the molecule is O=C(NOCc1csc(C2CCCO2)n1)c1ccc(Cl)cc1. The van der Waals surface area contributed by atoms with Crippen molar-refractivity contribution in [3.8, 4) is 0 Å². The van der Waals surface area contributed by atoms with Crippen LogP contribution in [0, 0.1) is 0 Å². The normalized spacial score (nSPS) is 17.6. The molecule has 1 N–H and O–H groups in total. The van der Waals surface area contributed by atoms with Gasteiger partial charge in [0.15, 0.2) is 0 Å². The van der Waals surface area contributed by atoms with E-state index < -0.39 is 0 Å². The molecule has 1 unspecified atom stereocenters. The van der Waals surface area contributed by atoms with Gasteiger partial charge in [0.2, 0.25) is 0 Å². The molecule has 7 heteroatoms. The topological polar surface area (TPSA) is 60.5 Å². The fraction of sp³-hybridized carbons (Fsp3) is 0.333. The van der Waals surface area contributed by atoms with Crippen LogP contribution in [0.4, 0.5) is 0 Å². The van der Waals surface area contributed by atoms with Gasteiger partial charge in [-0.25, -0.2) is 10.5 Å². The van der Waals surface area contributed by atoms with Crippen molar-refractivity contribution in [2.45, 2.75) is 25.6 Å². The number of carbonyl (C=O) groups excluding carboxylic acids is 1. The molecule has 1 aromatic heterocycles. The number of aromatic nitrogens is 1. The summed E-state index contributed by atoms with van der Waals surface area (Å²) >= 11 is 7.34. The van der Waals surface area contributed by atoms with E-state index in [9.17, 15) is 4.79 Å². The Balaban J connectivity index is 1.48. The average molecular weight is 339 g/mol.